The lowest BCUT2D eigenvalue weighted by Crippen LogP contribution is -2.44. The van der Waals surface area contributed by atoms with Crippen LogP contribution < -0.4 is 0 Å². The Morgan fingerprint density at radius 1 is 1.19 bits per heavy atom. The second-order valence-corrected chi connectivity index (χ2v) is 6.70. The SMILES string of the molecule is O=C(c1cc(F)cnc1Cl)N1CCC2(CCCCC2)CC1. The monoisotopic (exact) mass is 310 g/mol. The van der Waals surface area contributed by atoms with E-state index in [1.165, 1.54) is 38.2 Å². The molecule has 0 bridgehead atoms. The van der Waals surface area contributed by atoms with Crippen LogP contribution in [0.2, 0.25) is 5.15 Å². The van der Waals surface area contributed by atoms with Crippen LogP contribution >= 0.6 is 11.6 Å². The maximum absolute atomic E-state index is 13.3. The Bertz CT molecular complexity index is 533. The van der Waals surface area contributed by atoms with E-state index in [9.17, 15) is 9.18 Å². The third kappa shape index (κ3) is 3.05. The maximum atomic E-state index is 13.3. The van der Waals surface area contributed by atoms with Crippen molar-refractivity contribution < 1.29 is 9.18 Å². The van der Waals surface area contributed by atoms with Gasteiger partial charge in [0.05, 0.1) is 11.8 Å². The standard InChI is InChI=1S/C16H20ClFN2O/c17-14-13(10-12(18)11-19-14)15(21)20-8-6-16(7-9-20)4-2-1-3-5-16/h10-11H,1-9H2. The number of rotatable bonds is 1. The highest BCUT2D eigenvalue weighted by atomic mass is 35.5. The molecule has 21 heavy (non-hydrogen) atoms. The lowest BCUT2D eigenvalue weighted by molar-refractivity contribution is 0.0471. The van der Waals surface area contributed by atoms with Gasteiger partial charge >= 0.3 is 0 Å². The largest absolute Gasteiger partial charge is 0.339 e. The van der Waals surface area contributed by atoms with Gasteiger partial charge in [-0.25, -0.2) is 9.37 Å². The normalized spacial score (nSPS) is 21.5. The van der Waals surface area contributed by atoms with Gasteiger partial charge in [0.2, 0.25) is 0 Å². The van der Waals surface area contributed by atoms with Crippen LogP contribution in [0.25, 0.3) is 0 Å². The quantitative estimate of drug-likeness (QED) is 0.733. The summed E-state index contributed by atoms with van der Waals surface area (Å²) in [6.07, 6.45) is 9.69. The average Bonchev–Trinajstić information content (AvgIpc) is 2.51. The Hall–Kier alpha value is -1.16. The van der Waals surface area contributed by atoms with Crippen molar-refractivity contribution in [2.75, 3.05) is 13.1 Å². The Labute approximate surface area is 129 Å². The molecule has 1 spiro atoms. The van der Waals surface area contributed by atoms with Crippen molar-refractivity contribution in [1.82, 2.24) is 9.88 Å². The summed E-state index contributed by atoms with van der Waals surface area (Å²) < 4.78 is 13.3. The van der Waals surface area contributed by atoms with E-state index in [4.69, 9.17) is 11.6 Å². The highest BCUT2D eigenvalue weighted by molar-refractivity contribution is 6.32. The molecule has 1 aliphatic carbocycles. The Morgan fingerprint density at radius 2 is 1.86 bits per heavy atom. The number of likely N-dealkylation sites (tertiary alicyclic amines) is 1. The summed E-state index contributed by atoms with van der Waals surface area (Å²) in [5.41, 5.74) is 0.621. The third-order valence-electron chi connectivity index (χ3n) is 5.06. The Morgan fingerprint density at radius 3 is 2.52 bits per heavy atom. The Balaban J connectivity index is 1.69. The summed E-state index contributed by atoms with van der Waals surface area (Å²) >= 11 is 5.93. The van der Waals surface area contributed by atoms with Crippen molar-refractivity contribution in [1.29, 1.82) is 0 Å². The van der Waals surface area contributed by atoms with E-state index in [1.807, 2.05) is 0 Å². The van der Waals surface area contributed by atoms with E-state index < -0.39 is 5.82 Å². The number of hydrogen-bond acceptors (Lipinski definition) is 2. The van der Waals surface area contributed by atoms with Gasteiger partial charge in [0.1, 0.15) is 11.0 Å². The van der Waals surface area contributed by atoms with Crippen molar-refractivity contribution in [3.8, 4) is 0 Å². The van der Waals surface area contributed by atoms with Gasteiger partial charge in [0.15, 0.2) is 0 Å². The van der Waals surface area contributed by atoms with Crippen LogP contribution in [-0.2, 0) is 0 Å². The lowest BCUT2D eigenvalue weighted by atomic mass is 9.68. The van der Waals surface area contributed by atoms with Gasteiger partial charge in [-0.3, -0.25) is 4.79 Å². The zero-order valence-corrected chi connectivity index (χ0v) is 12.8. The molecule has 2 heterocycles. The molecule has 5 heteroatoms. The molecule has 0 N–H and O–H groups in total. The van der Waals surface area contributed by atoms with Crippen LogP contribution in [0.4, 0.5) is 4.39 Å². The number of carbonyl (C=O) groups excluding carboxylic acids is 1. The number of amides is 1. The molecule has 0 aromatic carbocycles. The number of nitrogens with zero attached hydrogens (tertiary/aromatic N) is 2. The second-order valence-electron chi connectivity index (χ2n) is 6.34. The van der Waals surface area contributed by atoms with E-state index in [2.05, 4.69) is 4.98 Å². The molecule has 1 aromatic heterocycles. The van der Waals surface area contributed by atoms with Gasteiger partial charge in [-0.1, -0.05) is 30.9 Å². The average molecular weight is 311 g/mol. The summed E-state index contributed by atoms with van der Waals surface area (Å²) in [7, 11) is 0. The van der Waals surface area contributed by atoms with E-state index in [1.54, 1.807) is 4.90 Å². The van der Waals surface area contributed by atoms with Crippen molar-refractivity contribution in [2.45, 2.75) is 44.9 Å². The predicted octanol–water partition coefficient (Wildman–Crippen LogP) is 4.06. The van der Waals surface area contributed by atoms with Crippen LogP contribution in [0.3, 0.4) is 0 Å². The first-order valence-corrected chi connectivity index (χ1v) is 8.08. The fraction of sp³-hybridized carbons (Fsp3) is 0.625. The lowest BCUT2D eigenvalue weighted by Gasteiger charge is -2.44. The molecule has 1 aliphatic heterocycles. The summed E-state index contributed by atoms with van der Waals surface area (Å²) in [5.74, 6) is -0.721. The first-order chi connectivity index (χ1) is 10.1. The van der Waals surface area contributed by atoms with Crippen molar-refractivity contribution in [2.24, 2.45) is 5.41 Å². The van der Waals surface area contributed by atoms with E-state index in [0.29, 0.717) is 5.41 Å². The molecule has 1 aromatic rings. The Kier molecular flexibility index (Phi) is 4.16. The summed E-state index contributed by atoms with van der Waals surface area (Å²) in [6.45, 7) is 1.48. The zero-order chi connectivity index (χ0) is 14.9. The molecular weight excluding hydrogens is 291 g/mol. The number of halogens is 2. The molecule has 3 rings (SSSR count). The molecule has 0 radical (unpaired) electrons. The van der Waals surface area contributed by atoms with Crippen molar-refractivity contribution in [3.05, 3.63) is 28.8 Å². The molecule has 1 saturated carbocycles. The molecule has 2 fully saturated rings. The minimum Gasteiger partial charge on any atom is -0.339 e. The predicted molar refractivity (Wildman–Crippen MR) is 79.9 cm³/mol. The number of aromatic nitrogens is 1. The van der Waals surface area contributed by atoms with Crippen molar-refractivity contribution >= 4 is 17.5 Å². The first-order valence-electron chi connectivity index (χ1n) is 7.70. The molecule has 3 nitrogen and oxygen atoms in total. The molecule has 114 valence electrons. The minimum absolute atomic E-state index is 0.0827. The van der Waals surface area contributed by atoms with Crippen LogP contribution in [0.1, 0.15) is 55.3 Å². The number of hydrogen-bond donors (Lipinski definition) is 0. The molecule has 1 amide bonds. The second kappa shape index (κ2) is 5.91. The summed E-state index contributed by atoms with van der Waals surface area (Å²) in [5, 5.41) is 0.0827. The van der Waals surface area contributed by atoms with Gasteiger partial charge in [-0.05, 0) is 37.2 Å². The topological polar surface area (TPSA) is 33.2 Å². The van der Waals surface area contributed by atoms with Gasteiger partial charge in [0, 0.05) is 13.1 Å². The zero-order valence-electron chi connectivity index (χ0n) is 12.1. The molecular formula is C16H20ClFN2O. The summed E-state index contributed by atoms with van der Waals surface area (Å²) in [4.78, 5) is 18.0. The van der Waals surface area contributed by atoms with Gasteiger partial charge in [-0.2, -0.15) is 0 Å². The van der Waals surface area contributed by atoms with Gasteiger partial charge in [-0.15, -0.1) is 0 Å². The summed E-state index contributed by atoms with van der Waals surface area (Å²) in [6, 6.07) is 1.18. The number of carbonyl (C=O) groups is 1. The van der Waals surface area contributed by atoms with Gasteiger partial charge in [0.25, 0.3) is 5.91 Å². The van der Waals surface area contributed by atoms with Crippen LogP contribution in [0.15, 0.2) is 12.3 Å². The van der Waals surface area contributed by atoms with Crippen molar-refractivity contribution in [3.63, 3.8) is 0 Å². The highest BCUT2D eigenvalue weighted by Crippen LogP contribution is 2.44. The molecule has 0 atom stereocenters. The van der Waals surface area contributed by atoms with E-state index in [-0.39, 0.29) is 16.6 Å². The fourth-order valence-electron chi connectivity index (χ4n) is 3.73. The fourth-order valence-corrected chi connectivity index (χ4v) is 3.91. The molecule has 1 saturated heterocycles. The number of piperidine rings is 1. The van der Waals surface area contributed by atoms with E-state index in [0.717, 1.165) is 32.1 Å². The van der Waals surface area contributed by atoms with Crippen LogP contribution in [0, 0.1) is 11.2 Å². The van der Waals surface area contributed by atoms with Gasteiger partial charge < -0.3 is 4.90 Å². The molecule has 2 aliphatic rings. The van der Waals surface area contributed by atoms with Crippen LogP contribution in [-0.4, -0.2) is 28.9 Å². The minimum atomic E-state index is -0.525. The highest BCUT2D eigenvalue weighted by Gasteiger charge is 2.37. The first kappa shape index (κ1) is 14.8. The van der Waals surface area contributed by atoms with E-state index >= 15 is 0 Å². The number of pyridine rings is 1. The third-order valence-corrected chi connectivity index (χ3v) is 5.36. The smallest absolute Gasteiger partial charge is 0.257 e. The molecule has 0 unspecified atom stereocenters. The maximum Gasteiger partial charge on any atom is 0.257 e. The van der Waals surface area contributed by atoms with Crippen LogP contribution in [0.5, 0.6) is 0 Å².